The van der Waals surface area contributed by atoms with E-state index in [0.29, 0.717) is 0 Å². The third kappa shape index (κ3) is 2.71. The van der Waals surface area contributed by atoms with Gasteiger partial charge in [0.05, 0.1) is 18.6 Å². The van der Waals surface area contributed by atoms with Crippen LogP contribution in [-0.4, -0.2) is 16.0 Å². The maximum Gasteiger partial charge on any atom is 0.119 e. The van der Waals surface area contributed by atoms with Crippen LogP contribution in [-0.2, 0) is 0 Å². The molecule has 0 atom stereocenters. The van der Waals surface area contributed by atoms with Gasteiger partial charge in [-0.15, -0.1) is 11.3 Å². The summed E-state index contributed by atoms with van der Waals surface area (Å²) in [7, 11) is -1.79. The molecule has 0 N–H and O–H groups in total. The second-order valence-corrected chi connectivity index (χ2v) is 11.3. The van der Waals surface area contributed by atoms with Crippen molar-refractivity contribution in [1.29, 1.82) is 0 Å². The van der Waals surface area contributed by atoms with Gasteiger partial charge in [-0.3, -0.25) is 4.40 Å². The molecule has 0 radical (unpaired) electrons. The van der Waals surface area contributed by atoms with Gasteiger partial charge in [-0.2, -0.15) is 0 Å². The van der Waals surface area contributed by atoms with Crippen LogP contribution >= 0.6 is 18.6 Å². The predicted molar refractivity (Wildman–Crippen MR) is 123 cm³/mol. The molecule has 2 aromatic heterocycles. The predicted octanol–water partition coefficient (Wildman–Crippen LogP) is 4.99. The Balaban J connectivity index is 1.82. The van der Waals surface area contributed by atoms with Crippen LogP contribution in [0, 0.1) is 0 Å². The lowest BCUT2D eigenvalue weighted by Gasteiger charge is -2.25. The lowest BCUT2D eigenvalue weighted by molar-refractivity contribution is 1.18. The molecule has 0 spiro atoms. The van der Waals surface area contributed by atoms with Crippen LogP contribution in [0.25, 0.3) is 16.1 Å². The fourth-order valence-electron chi connectivity index (χ4n) is 3.88. The first kappa shape index (κ1) is 17.4. The van der Waals surface area contributed by atoms with E-state index in [4.69, 9.17) is 0 Å². The van der Waals surface area contributed by atoms with Crippen LogP contribution in [0.2, 0.25) is 0 Å². The first-order valence-corrected chi connectivity index (χ1v) is 12.4. The van der Waals surface area contributed by atoms with Crippen molar-refractivity contribution in [1.82, 2.24) is 9.38 Å². The number of rotatable bonds is 4. The summed E-state index contributed by atoms with van der Waals surface area (Å²) in [6.07, 6.45) is 3.85. The molecular formula is C24H20N2PS+. The van der Waals surface area contributed by atoms with Crippen molar-refractivity contribution in [2.24, 2.45) is 0 Å². The zero-order valence-corrected chi connectivity index (χ0v) is 17.3. The Morgan fingerprint density at radius 1 is 0.786 bits per heavy atom. The third-order valence-corrected chi connectivity index (χ3v) is 10.3. The van der Waals surface area contributed by atoms with Crippen molar-refractivity contribution in [3.8, 4) is 11.3 Å². The van der Waals surface area contributed by atoms with Crippen LogP contribution < -0.4 is 15.9 Å². The number of thiazole rings is 1. The molecule has 5 aromatic rings. The van der Waals surface area contributed by atoms with Gasteiger partial charge in [-0.1, -0.05) is 48.5 Å². The van der Waals surface area contributed by atoms with Crippen molar-refractivity contribution in [2.45, 2.75) is 0 Å². The van der Waals surface area contributed by atoms with Gasteiger partial charge in [0, 0.05) is 10.9 Å². The standard InChI is InChI=1S/C24H20N2PS/c1-27(19-10-4-2-5-11-19,20-12-6-3-7-13-20)23-15-9-8-14-21(23)22-17-28-24-16-25-18-26(22)24/h2-18H,1H3/q+1. The van der Waals surface area contributed by atoms with Gasteiger partial charge in [-0.25, -0.2) is 4.98 Å². The van der Waals surface area contributed by atoms with E-state index in [1.165, 1.54) is 32.0 Å². The summed E-state index contributed by atoms with van der Waals surface area (Å²) in [6, 6.07) is 30.8. The number of benzene rings is 3. The summed E-state index contributed by atoms with van der Waals surface area (Å²) in [4.78, 5) is 5.51. The van der Waals surface area contributed by atoms with Gasteiger partial charge in [0.15, 0.2) is 0 Å². The van der Waals surface area contributed by atoms with Crippen LogP contribution in [0.15, 0.2) is 103 Å². The minimum Gasteiger partial charge on any atom is -0.289 e. The van der Waals surface area contributed by atoms with Crippen LogP contribution in [0.5, 0.6) is 0 Å². The topological polar surface area (TPSA) is 17.3 Å². The summed E-state index contributed by atoms with van der Waals surface area (Å²) in [5.41, 5.74) is 2.50. The number of hydrogen-bond acceptors (Lipinski definition) is 2. The molecule has 28 heavy (non-hydrogen) atoms. The molecular weight excluding hydrogens is 379 g/mol. The zero-order chi connectivity index (χ0) is 19.0. The molecule has 136 valence electrons. The van der Waals surface area contributed by atoms with E-state index in [1.807, 2.05) is 12.5 Å². The molecule has 0 aliphatic rings. The molecule has 0 aliphatic heterocycles. The summed E-state index contributed by atoms with van der Waals surface area (Å²) in [5.74, 6) is 0. The normalized spacial score (nSPS) is 11.8. The minimum atomic E-state index is -1.79. The van der Waals surface area contributed by atoms with Crippen molar-refractivity contribution in [2.75, 3.05) is 6.66 Å². The van der Waals surface area contributed by atoms with E-state index in [0.717, 1.165) is 0 Å². The summed E-state index contributed by atoms with van der Waals surface area (Å²) >= 11 is 1.74. The highest BCUT2D eigenvalue weighted by molar-refractivity contribution is 7.95. The van der Waals surface area contributed by atoms with Crippen LogP contribution in [0.1, 0.15) is 0 Å². The van der Waals surface area contributed by atoms with Gasteiger partial charge in [0.1, 0.15) is 34.3 Å². The molecule has 4 heteroatoms. The number of fused-ring (bicyclic) bond motifs is 1. The van der Waals surface area contributed by atoms with Gasteiger partial charge >= 0.3 is 0 Å². The third-order valence-electron chi connectivity index (χ3n) is 5.36. The summed E-state index contributed by atoms with van der Waals surface area (Å²) in [5, 5.41) is 6.44. The second-order valence-electron chi connectivity index (χ2n) is 6.92. The summed E-state index contributed by atoms with van der Waals surface area (Å²) < 4.78 is 2.20. The Morgan fingerprint density at radius 2 is 1.39 bits per heavy atom. The number of imidazole rings is 1. The van der Waals surface area contributed by atoms with Gasteiger partial charge in [-0.05, 0) is 36.4 Å². The van der Waals surface area contributed by atoms with E-state index in [1.54, 1.807) is 11.3 Å². The Bertz CT molecular complexity index is 1190. The number of hydrogen-bond donors (Lipinski definition) is 0. The average molecular weight is 399 g/mol. The largest absolute Gasteiger partial charge is 0.289 e. The highest BCUT2D eigenvalue weighted by atomic mass is 32.1. The highest BCUT2D eigenvalue weighted by Gasteiger charge is 2.42. The maximum absolute atomic E-state index is 4.34. The molecule has 2 heterocycles. The average Bonchev–Trinajstić information content (AvgIpc) is 3.38. The number of aromatic nitrogens is 2. The van der Waals surface area contributed by atoms with Gasteiger partial charge in [0.2, 0.25) is 0 Å². The molecule has 0 unspecified atom stereocenters. The van der Waals surface area contributed by atoms with E-state index in [-0.39, 0.29) is 0 Å². The molecule has 0 amide bonds. The molecule has 0 bridgehead atoms. The smallest absolute Gasteiger partial charge is 0.119 e. The first-order valence-electron chi connectivity index (χ1n) is 9.26. The SMILES string of the molecule is C[P+](c1ccccc1)(c1ccccc1)c1ccccc1-c1csc2cncn12. The van der Waals surface area contributed by atoms with Crippen molar-refractivity contribution >= 4 is 39.3 Å². The van der Waals surface area contributed by atoms with Crippen LogP contribution in [0.4, 0.5) is 0 Å². The lowest BCUT2D eigenvalue weighted by Crippen LogP contribution is -2.31. The second kappa shape index (κ2) is 7.01. The first-order chi connectivity index (χ1) is 13.8. The van der Waals surface area contributed by atoms with Crippen molar-refractivity contribution in [3.63, 3.8) is 0 Å². The van der Waals surface area contributed by atoms with Crippen LogP contribution in [0.3, 0.4) is 0 Å². The Kier molecular flexibility index (Phi) is 4.35. The molecule has 5 rings (SSSR count). The zero-order valence-electron chi connectivity index (χ0n) is 15.6. The number of nitrogens with zero attached hydrogens (tertiary/aromatic N) is 2. The Morgan fingerprint density at radius 3 is 2.07 bits per heavy atom. The molecule has 0 saturated carbocycles. The molecule has 0 saturated heterocycles. The molecule has 0 aliphatic carbocycles. The Hall–Kier alpha value is -2.74. The van der Waals surface area contributed by atoms with E-state index < -0.39 is 7.26 Å². The summed E-state index contributed by atoms with van der Waals surface area (Å²) in [6.45, 7) is 2.44. The maximum atomic E-state index is 4.34. The quantitative estimate of drug-likeness (QED) is 0.389. The molecule has 2 nitrogen and oxygen atoms in total. The van der Waals surface area contributed by atoms with Gasteiger partial charge in [0.25, 0.3) is 0 Å². The van der Waals surface area contributed by atoms with E-state index in [9.17, 15) is 0 Å². The Labute approximate surface area is 169 Å². The van der Waals surface area contributed by atoms with Crippen molar-refractivity contribution in [3.05, 3.63) is 103 Å². The molecule has 0 fully saturated rings. The fraction of sp³-hybridized carbons (Fsp3) is 0.0417. The highest BCUT2D eigenvalue weighted by Crippen LogP contribution is 2.53. The van der Waals surface area contributed by atoms with E-state index >= 15 is 0 Å². The van der Waals surface area contributed by atoms with E-state index in [2.05, 4.69) is 106 Å². The van der Waals surface area contributed by atoms with Gasteiger partial charge < -0.3 is 0 Å². The minimum absolute atomic E-state index is 1.17. The van der Waals surface area contributed by atoms with Crippen molar-refractivity contribution < 1.29 is 0 Å². The molecule has 3 aromatic carbocycles. The fourth-order valence-corrected chi connectivity index (χ4v) is 8.18. The monoisotopic (exact) mass is 399 g/mol. The lowest BCUT2D eigenvalue weighted by atomic mass is 10.2.